The molecule has 25 heavy (non-hydrogen) atoms. The lowest BCUT2D eigenvalue weighted by Gasteiger charge is -2.09. The van der Waals surface area contributed by atoms with E-state index in [2.05, 4.69) is 20.8 Å². The van der Waals surface area contributed by atoms with Gasteiger partial charge in [-0.05, 0) is 18.2 Å². The van der Waals surface area contributed by atoms with Crippen LogP contribution in [0.5, 0.6) is 0 Å². The van der Waals surface area contributed by atoms with Crippen molar-refractivity contribution in [3.63, 3.8) is 0 Å². The van der Waals surface area contributed by atoms with Crippen molar-refractivity contribution in [3.05, 3.63) is 29.8 Å². The first-order valence-electron chi connectivity index (χ1n) is 6.57. The van der Waals surface area contributed by atoms with Crippen LogP contribution in [-0.2, 0) is 15.8 Å². The summed E-state index contributed by atoms with van der Waals surface area (Å²) in [5.41, 5.74) is -0.797. The van der Waals surface area contributed by atoms with Crippen LogP contribution in [0.2, 0.25) is 0 Å². The summed E-state index contributed by atoms with van der Waals surface area (Å²) < 4.78 is 38.3. The van der Waals surface area contributed by atoms with Crippen LogP contribution in [0.3, 0.4) is 0 Å². The summed E-state index contributed by atoms with van der Waals surface area (Å²) in [6.07, 6.45) is -4.48. The molecule has 2 rings (SSSR count). The first-order valence-corrected chi connectivity index (χ1v) is 8.91. The molecule has 1 heterocycles. The number of benzene rings is 1. The highest BCUT2D eigenvalue weighted by Crippen LogP contribution is 2.31. The first-order chi connectivity index (χ1) is 11.8. The van der Waals surface area contributed by atoms with Crippen molar-refractivity contribution in [1.82, 2.24) is 10.2 Å². The van der Waals surface area contributed by atoms with Gasteiger partial charge in [-0.15, -0.1) is 21.8 Å². The normalized spacial score (nSPS) is 11.2. The molecule has 0 saturated carbocycles. The summed E-state index contributed by atoms with van der Waals surface area (Å²) in [4.78, 5) is 22.9. The minimum absolute atomic E-state index is 0.0488. The van der Waals surface area contributed by atoms with Crippen LogP contribution in [-0.4, -0.2) is 33.6 Å². The maximum atomic E-state index is 12.6. The number of carbonyl (C=O) groups excluding carboxylic acids is 2. The quantitative estimate of drug-likeness (QED) is 0.433. The lowest BCUT2D eigenvalue weighted by Crippen LogP contribution is -2.15. The van der Waals surface area contributed by atoms with E-state index in [0.29, 0.717) is 4.34 Å². The van der Waals surface area contributed by atoms with E-state index in [1.54, 1.807) is 0 Å². The molecule has 0 atom stereocenters. The van der Waals surface area contributed by atoms with E-state index in [0.717, 1.165) is 35.2 Å². The van der Waals surface area contributed by atoms with Gasteiger partial charge in [0.1, 0.15) is 5.88 Å². The average molecular weight is 411 g/mol. The third-order valence-electron chi connectivity index (χ3n) is 2.57. The minimum atomic E-state index is -4.48. The van der Waals surface area contributed by atoms with E-state index in [4.69, 9.17) is 11.6 Å². The summed E-state index contributed by atoms with van der Waals surface area (Å²) in [5, 5.41) is 12.5. The summed E-state index contributed by atoms with van der Waals surface area (Å²) in [6.45, 7) is 0. The van der Waals surface area contributed by atoms with Gasteiger partial charge in [0.15, 0.2) is 4.34 Å². The molecule has 0 spiro atoms. The van der Waals surface area contributed by atoms with Gasteiger partial charge in [0.25, 0.3) is 0 Å². The molecular weight excluding hydrogens is 401 g/mol. The topological polar surface area (TPSA) is 84.0 Å². The van der Waals surface area contributed by atoms with Crippen molar-refractivity contribution < 1.29 is 22.8 Å². The lowest BCUT2D eigenvalue weighted by molar-refractivity contribution is -0.137. The fraction of sp³-hybridized carbons (Fsp3) is 0.231. The van der Waals surface area contributed by atoms with Crippen molar-refractivity contribution in [1.29, 1.82) is 0 Å². The minimum Gasteiger partial charge on any atom is -0.325 e. The number of nitrogens with zero attached hydrogens (tertiary/aromatic N) is 2. The molecule has 12 heteroatoms. The molecule has 0 fully saturated rings. The number of hydrogen-bond donors (Lipinski definition) is 2. The van der Waals surface area contributed by atoms with Gasteiger partial charge in [0.2, 0.25) is 16.9 Å². The molecule has 0 radical (unpaired) electrons. The SMILES string of the molecule is O=C(CSc1nnc(NC(=O)CCl)s1)Nc1cccc(C(F)(F)F)c1. The molecule has 0 bridgehead atoms. The Kier molecular flexibility index (Phi) is 6.62. The molecule has 2 amide bonds. The van der Waals surface area contributed by atoms with Crippen LogP contribution >= 0.6 is 34.7 Å². The Balaban J connectivity index is 1.88. The van der Waals surface area contributed by atoms with Gasteiger partial charge in [-0.1, -0.05) is 29.2 Å². The van der Waals surface area contributed by atoms with Crippen molar-refractivity contribution in [2.45, 2.75) is 10.5 Å². The first kappa shape index (κ1) is 19.5. The molecule has 6 nitrogen and oxygen atoms in total. The number of nitrogens with one attached hydrogen (secondary N) is 2. The summed E-state index contributed by atoms with van der Waals surface area (Å²) in [5.74, 6) is -1.22. The number of halogens is 4. The Labute approximate surface area is 153 Å². The van der Waals surface area contributed by atoms with Gasteiger partial charge in [0, 0.05) is 5.69 Å². The number of anilines is 2. The van der Waals surface area contributed by atoms with Gasteiger partial charge in [-0.3, -0.25) is 14.9 Å². The summed E-state index contributed by atoms with van der Waals surface area (Å²) in [6, 6.07) is 4.35. The summed E-state index contributed by atoms with van der Waals surface area (Å²) >= 11 is 7.44. The van der Waals surface area contributed by atoms with Crippen LogP contribution in [0.25, 0.3) is 0 Å². The molecule has 0 aliphatic rings. The van der Waals surface area contributed by atoms with E-state index in [-0.39, 0.29) is 22.5 Å². The number of alkyl halides is 4. The Bertz CT molecular complexity index is 770. The maximum absolute atomic E-state index is 12.6. The zero-order valence-corrected chi connectivity index (χ0v) is 14.7. The van der Waals surface area contributed by atoms with Crippen molar-refractivity contribution in [2.24, 2.45) is 0 Å². The number of aromatic nitrogens is 2. The molecule has 0 aliphatic heterocycles. The third-order valence-corrected chi connectivity index (χ3v) is 4.79. The number of thioether (sulfide) groups is 1. The molecule has 0 saturated heterocycles. The fourth-order valence-corrected chi connectivity index (χ4v) is 3.20. The fourth-order valence-electron chi connectivity index (χ4n) is 1.57. The van der Waals surface area contributed by atoms with Crippen molar-refractivity contribution in [2.75, 3.05) is 22.3 Å². The van der Waals surface area contributed by atoms with Crippen LogP contribution in [0, 0.1) is 0 Å². The Hall–Kier alpha value is -1.85. The van der Waals surface area contributed by atoms with E-state index in [9.17, 15) is 22.8 Å². The number of carbonyl (C=O) groups is 2. The van der Waals surface area contributed by atoms with E-state index in [1.165, 1.54) is 12.1 Å². The Morgan fingerprint density at radius 1 is 1.20 bits per heavy atom. The molecular formula is C13H10ClF3N4O2S2. The zero-order chi connectivity index (χ0) is 18.4. The zero-order valence-electron chi connectivity index (χ0n) is 12.3. The molecule has 2 N–H and O–H groups in total. The number of rotatable bonds is 6. The second kappa shape index (κ2) is 8.50. The molecule has 1 aromatic heterocycles. The third kappa shape index (κ3) is 6.18. The molecule has 2 aromatic rings. The predicted octanol–water partition coefficient (Wildman–Crippen LogP) is 3.47. The molecule has 1 aromatic carbocycles. The van der Waals surface area contributed by atoms with Crippen LogP contribution in [0.1, 0.15) is 5.56 Å². The van der Waals surface area contributed by atoms with Gasteiger partial charge in [-0.25, -0.2) is 0 Å². The summed E-state index contributed by atoms with van der Waals surface area (Å²) in [7, 11) is 0. The van der Waals surface area contributed by atoms with Crippen molar-refractivity contribution >= 4 is 57.3 Å². The Morgan fingerprint density at radius 3 is 2.64 bits per heavy atom. The number of hydrogen-bond acceptors (Lipinski definition) is 6. The predicted molar refractivity (Wildman–Crippen MR) is 90.1 cm³/mol. The highest BCUT2D eigenvalue weighted by atomic mass is 35.5. The van der Waals surface area contributed by atoms with Gasteiger partial charge < -0.3 is 5.32 Å². The monoisotopic (exact) mass is 410 g/mol. The maximum Gasteiger partial charge on any atom is 0.416 e. The molecule has 0 aliphatic carbocycles. The van der Waals surface area contributed by atoms with Gasteiger partial charge in [-0.2, -0.15) is 13.2 Å². The Morgan fingerprint density at radius 2 is 1.96 bits per heavy atom. The highest BCUT2D eigenvalue weighted by molar-refractivity contribution is 8.01. The van der Waals surface area contributed by atoms with Crippen molar-refractivity contribution in [3.8, 4) is 0 Å². The van der Waals surface area contributed by atoms with Crippen LogP contribution in [0.15, 0.2) is 28.6 Å². The standard InChI is InChI=1S/C13H10ClF3N4O2S2/c14-5-9(22)19-11-20-21-12(25-11)24-6-10(23)18-8-3-1-2-7(4-8)13(15,16)17/h1-4H,5-6H2,(H,18,23)(H,19,20,22). The molecule has 0 unspecified atom stereocenters. The second-order valence-electron chi connectivity index (χ2n) is 4.47. The van der Waals surface area contributed by atoms with E-state index >= 15 is 0 Å². The second-order valence-corrected chi connectivity index (χ2v) is 6.94. The van der Waals surface area contributed by atoms with Gasteiger partial charge in [0.05, 0.1) is 11.3 Å². The van der Waals surface area contributed by atoms with Crippen LogP contribution < -0.4 is 10.6 Å². The average Bonchev–Trinajstić information content (AvgIpc) is 2.99. The smallest absolute Gasteiger partial charge is 0.325 e. The van der Waals surface area contributed by atoms with Crippen LogP contribution in [0.4, 0.5) is 24.0 Å². The highest BCUT2D eigenvalue weighted by Gasteiger charge is 2.30. The largest absolute Gasteiger partial charge is 0.416 e. The number of amides is 2. The van der Waals surface area contributed by atoms with E-state index in [1.807, 2.05) is 0 Å². The molecule has 134 valence electrons. The lowest BCUT2D eigenvalue weighted by atomic mass is 10.2. The van der Waals surface area contributed by atoms with E-state index < -0.39 is 23.6 Å². The van der Waals surface area contributed by atoms with Gasteiger partial charge >= 0.3 is 6.18 Å².